The van der Waals surface area contributed by atoms with Crippen molar-refractivity contribution in [1.29, 1.82) is 0 Å². The number of carbonyl (C=O) groups is 1. The van der Waals surface area contributed by atoms with E-state index >= 15 is 0 Å². The number of rotatable bonds is 2. The fourth-order valence-electron chi connectivity index (χ4n) is 1.80. The summed E-state index contributed by atoms with van der Waals surface area (Å²) in [7, 11) is 0. The molecule has 1 heterocycles. The third-order valence-electron chi connectivity index (χ3n) is 2.51. The molecule has 0 aliphatic carbocycles. The van der Waals surface area contributed by atoms with Gasteiger partial charge >= 0.3 is 0 Å². The van der Waals surface area contributed by atoms with E-state index in [1.54, 1.807) is 11.8 Å². The lowest BCUT2D eigenvalue weighted by Gasteiger charge is -2.13. The monoisotopic (exact) mass is 207 g/mol. The van der Waals surface area contributed by atoms with Crippen LogP contribution in [-0.4, -0.2) is 12.2 Å². The zero-order chi connectivity index (χ0) is 9.97. The molecule has 1 aromatic rings. The van der Waals surface area contributed by atoms with E-state index in [0.717, 1.165) is 6.42 Å². The van der Waals surface area contributed by atoms with Gasteiger partial charge in [0, 0.05) is 11.3 Å². The highest BCUT2D eigenvalue weighted by atomic mass is 32.2. The van der Waals surface area contributed by atoms with Crippen LogP contribution in [0.2, 0.25) is 0 Å². The quantitative estimate of drug-likeness (QED) is 0.754. The third-order valence-corrected chi connectivity index (χ3v) is 3.32. The van der Waals surface area contributed by atoms with Gasteiger partial charge in [0.05, 0.1) is 6.04 Å². The van der Waals surface area contributed by atoms with Crippen molar-refractivity contribution in [2.24, 2.45) is 0 Å². The number of nitrogens with one attached hydrogen (secondary N) is 1. The summed E-state index contributed by atoms with van der Waals surface area (Å²) in [5.74, 6) is 0.172. The summed E-state index contributed by atoms with van der Waals surface area (Å²) in [5, 5.41) is 2.99. The highest BCUT2D eigenvalue weighted by molar-refractivity contribution is 7.98. The van der Waals surface area contributed by atoms with Gasteiger partial charge in [-0.15, -0.1) is 11.8 Å². The van der Waals surface area contributed by atoms with Crippen LogP contribution in [0, 0.1) is 0 Å². The predicted molar refractivity (Wildman–Crippen MR) is 58.3 cm³/mol. The van der Waals surface area contributed by atoms with E-state index < -0.39 is 0 Å². The third kappa shape index (κ3) is 1.77. The van der Waals surface area contributed by atoms with E-state index in [9.17, 15) is 4.79 Å². The lowest BCUT2D eigenvalue weighted by atomic mass is 10.1. The zero-order valence-electron chi connectivity index (χ0n) is 8.12. The molecule has 0 saturated carbocycles. The molecular formula is C11H13NOS. The molecule has 1 fully saturated rings. The molecule has 0 bridgehead atoms. The molecule has 1 N–H and O–H groups in total. The van der Waals surface area contributed by atoms with Crippen molar-refractivity contribution in [1.82, 2.24) is 5.32 Å². The van der Waals surface area contributed by atoms with Crippen molar-refractivity contribution in [2.75, 3.05) is 6.26 Å². The minimum Gasteiger partial charge on any atom is -0.349 e. The van der Waals surface area contributed by atoms with Crippen molar-refractivity contribution in [2.45, 2.75) is 23.8 Å². The van der Waals surface area contributed by atoms with E-state index in [2.05, 4.69) is 23.7 Å². The first-order valence-electron chi connectivity index (χ1n) is 4.73. The van der Waals surface area contributed by atoms with Gasteiger partial charge < -0.3 is 5.32 Å². The Morgan fingerprint density at radius 2 is 2.21 bits per heavy atom. The maximum atomic E-state index is 11.1. The van der Waals surface area contributed by atoms with Crippen molar-refractivity contribution in [3.63, 3.8) is 0 Å². The van der Waals surface area contributed by atoms with Crippen LogP contribution in [0.4, 0.5) is 0 Å². The van der Waals surface area contributed by atoms with Crippen LogP contribution < -0.4 is 5.32 Å². The van der Waals surface area contributed by atoms with Crippen LogP contribution in [0.5, 0.6) is 0 Å². The molecule has 3 heteroatoms. The first-order valence-corrected chi connectivity index (χ1v) is 5.96. The van der Waals surface area contributed by atoms with Crippen LogP contribution in [0.3, 0.4) is 0 Å². The standard InChI is InChI=1S/C11H13NOS/c1-14-10-5-3-2-4-8(10)9-6-7-11(13)12-9/h2-5,9H,6-7H2,1H3,(H,12,13)/t9-/m1/s1. The molecular weight excluding hydrogens is 194 g/mol. The molecule has 1 saturated heterocycles. The summed E-state index contributed by atoms with van der Waals surface area (Å²) in [6.07, 6.45) is 3.65. The molecule has 1 amide bonds. The van der Waals surface area contributed by atoms with Crippen LogP contribution in [0.25, 0.3) is 0 Å². The number of hydrogen-bond acceptors (Lipinski definition) is 2. The molecule has 0 unspecified atom stereocenters. The molecule has 1 aliphatic heterocycles. The normalized spacial score (nSPS) is 20.9. The summed E-state index contributed by atoms with van der Waals surface area (Å²) in [4.78, 5) is 12.4. The minimum absolute atomic E-state index is 0.172. The lowest BCUT2D eigenvalue weighted by Crippen LogP contribution is -2.18. The first-order chi connectivity index (χ1) is 6.81. The Kier molecular flexibility index (Phi) is 2.77. The number of thioether (sulfide) groups is 1. The smallest absolute Gasteiger partial charge is 0.220 e. The highest BCUT2D eigenvalue weighted by Gasteiger charge is 2.23. The molecule has 0 aromatic heterocycles. The van der Waals surface area contributed by atoms with Gasteiger partial charge in [0.2, 0.25) is 5.91 Å². The first kappa shape index (κ1) is 9.59. The summed E-state index contributed by atoms with van der Waals surface area (Å²) >= 11 is 1.73. The maximum absolute atomic E-state index is 11.1. The lowest BCUT2D eigenvalue weighted by molar-refractivity contribution is -0.119. The number of amides is 1. The summed E-state index contributed by atoms with van der Waals surface area (Å²) in [6, 6.07) is 8.49. The Morgan fingerprint density at radius 3 is 2.86 bits per heavy atom. The summed E-state index contributed by atoms with van der Waals surface area (Å²) in [5.41, 5.74) is 1.26. The molecule has 74 valence electrons. The topological polar surface area (TPSA) is 29.1 Å². The van der Waals surface area contributed by atoms with Gasteiger partial charge in [0.15, 0.2) is 0 Å². The largest absolute Gasteiger partial charge is 0.349 e. The Morgan fingerprint density at radius 1 is 1.43 bits per heavy atom. The highest BCUT2D eigenvalue weighted by Crippen LogP contribution is 2.30. The fraction of sp³-hybridized carbons (Fsp3) is 0.364. The van der Waals surface area contributed by atoms with E-state index in [0.29, 0.717) is 6.42 Å². The maximum Gasteiger partial charge on any atom is 0.220 e. The van der Waals surface area contributed by atoms with Gasteiger partial charge in [0.1, 0.15) is 0 Å². The van der Waals surface area contributed by atoms with Crippen molar-refractivity contribution in [3.05, 3.63) is 29.8 Å². The van der Waals surface area contributed by atoms with E-state index in [-0.39, 0.29) is 11.9 Å². The molecule has 1 atom stereocenters. The van der Waals surface area contributed by atoms with Crippen LogP contribution in [0.15, 0.2) is 29.2 Å². The second-order valence-electron chi connectivity index (χ2n) is 3.40. The molecule has 0 radical (unpaired) electrons. The van der Waals surface area contributed by atoms with Gasteiger partial charge in [-0.1, -0.05) is 18.2 Å². The van der Waals surface area contributed by atoms with Gasteiger partial charge in [-0.25, -0.2) is 0 Å². The van der Waals surface area contributed by atoms with E-state index in [1.807, 2.05) is 12.1 Å². The molecule has 0 spiro atoms. The van der Waals surface area contributed by atoms with Gasteiger partial charge in [-0.3, -0.25) is 4.79 Å². The van der Waals surface area contributed by atoms with Gasteiger partial charge in [0.25, 0.3) is 0 Å². The Bertz CT molecular complexity index is 351. The molecule has 2 nitrogen and oxygen atoms in total. The Labute approximate surface area is 88.1 Å². The minimum atomic E-state index is 0.172. The van der Waals surface area contributed by atoms with E-state index in [4.69, 9.17) is 0 Å². The Balaban J connectivity index is 2.27. The average molecular weight is 207 g/mol. The average Bonchev–Trinajstić information content (AvgIpc) is 2.65. The molecule has 1 aromatic carbocycles. The van der Waals surface area contributed by atoms with Gasteiger partial charge in [-0.05, 0) is 24.3 Å². The van der Waals surface area contributed by atoms with Crippen molar-refractivity contribution < 1.29 is 4.79 Å². The van der Waals surface area contributed by atoms with Crippen LogP contribution in [-0.2, 0) is 4.79 Å². The molecule has 1 aliphatic rings. The van der Waals surface area contributed by atoms with Crippen molar-refractivity contribution >= 4 is 17.7 Å². The molecule has 14 heavy (non-hydrogen) atoms. The predicted octanol–water partition coefficient (Wildman–Crippen LogP) is 2.36. The number of hydrogen-bond donors (Lipinski definition) is 1. The summed E-state index contributed by atoms with van der Waals surface area (Å²) < 4.78 is 0. The Hall–Kier alpha value is -0.960. The zero-order valence-corrected chi connectivity index (χ0v) is 8.93. The summed E-state index contributed by atoms with van der Waals surface area (Å²) in [6.45, 7) is 0. The number of carbonyl (C=O) groups excluding carboxylic acids is 1. The number of benzene rings is 1. The SMILES string of the molecule is CSc1ccccc1[C@H]1CCC(=O)N1. The van der Waals surface area contributed by atoms with Gasteiger partial charge in [-0.2, -0.15) is 0 Å². The van der Waals surface area contributed by atoms with Crippen LogP contribution >= 0.6 is 11.8 Å². The van der Waals surface area contributed by atoms with Crippen molar-refractivity contribution in [3.8, 4) is 0 Å². The fourth-order valence-corrected chi connectivity index (χ4v) is 2.46. The second-order valence-corrected chi connectivity index (χ2v) is 4.25. The van der Waals surface area contributed by atoms with E-state index in [1.165, 1.54) is 10.5 Å². The molecule has 2 rings (SSSR count). The van der Waals surface area contributed by atoms with Crippen LogP contribution in [0.1, 0.15) is 24.4 Å². The second kappa shape index (κ2) is 4.05.